The Morgan fingerprint density at radius 2 is 2.23 bits per heavy atom. The van der Waals surface area contributed by atoms with Crippen molar-refractivity contribution < 1.29 is 9.53 Å². The summed E-state index contributed by atoms with van der Waals surface area (Å²) in [6.07, 6.45) is 2.45. The van der Waals surface area contributed by atoms with Gasteiger partial charge in [0.05, 0.1) is 19.3 Å². The molecule has 0 fully saturated rings. The first-order valence-corrected chi connectivity index (χ1v) is 7.28. The van der Waals surface area contributed by atoms with E-state index in [0.717, 1.165) is 23.6 Å². The van der Waals surface area contributed by atoms with Crippen molar-refractivity contribution >= 4 is 11.6 Å². The monoisotopic (exact) mass is 297 g/mol. The van der Waals surface area contributed by atoms with Gasteiger partial charge >= 0.3 is 0 Å². The molecule has 1 atom stereocenters. The fourth-order valence-electron chi connectivity index (χ4n) is 2.89. The van der Waals surface area contributed by atoms with Gasteiger partial charge < -0.3 is 15.0 Å². The smallest absolute Gasteiger partial charge is 0.242 e. The summed E-state index contributed by atoms with van der Waals surface area (Å²) >= 11 is 0. The zero-order chi connectivity index (χ0) is 15.5. The molecule has 5 nitrogen and oxygen atoms in total. The largest absolute Gasteiger partial charge is 0.497 e. The first-order valence-electron chi connectivity index (χ1n) is 7.28. The van der Waals surface area contributed by atoms with Gasteiger partial charge in [-0.1, -0.05) is 18.2 Å². The molecule has 1 N–H and O–H groups in total. The Morgan fingerprint density at radius 3 is 3.00 bits per heavy atom. The standard InChI is InChI=1S/C17H19N3O2/c1-18-17(21)16-9-12-5-3-4-6-15(12)20(16)11-13-10-14(22-2)7-8-19-13/h3-8,10,16H,9,11H2,1-2H3,(H,18,21). The van der Waals surface area contributed by atoms with Crippen molar-refractivity contribution in [2.45, 2.75) is 19.0 Å². The van der Waals surface area contributed by atoms with Crippen LogP contribution in [0.1, 0.15) is 11.3 Å². The number of methoxy groups -OCH3 is 1. The van der Waals surface area contributed by atoms with E-state index in [4.69, 9.17) is 4.74 Å². The highest BCUT2D eigenvalue weighted by molar-refractivity contribution is 5.88. The minimum atomic E-state index is -0.199. The van der Waals surface area contributed by atoms with Gasteiger partial charge in [0.1, 0.15) is 11.8 Å². The topological polar surface area (TPSA) is 54.5 Å². The zero-order valence-corrected chi connectivity index (χ0v) is 12.7. The van der Waals surface area contributed by atoms with E-state index in [9.17, 15) is 4.79 Å². The molecule has 0 radical (unpaired) electrons. The summed E-state index contributed by atoms with van der Waals surface area (Å²) in [6.45, 7) is 0.576. The van der Waals surface area contributed by atoms with Crippen LogP contribution in [0.4, 0.5) is 5.69 Å². The van der Waals surface area contributed by atoms with Crippen LogP contribution < -0.4 is 15.0 Å². The lowest BCUT2D eigenvalue weighted by atomic mass is 10.1. The van der Waals surface area contributed by atoms with E-state index < -0.39 is 0 Å². The minimum Gasteiger partial charge on any atom is -0.497 e. The lowest BCUT2D eigenvalue weighted by molar-refractivity contribution is -0.121. The van der Waals surface area contributed by atoms with Crippen molar-refractivity contribution in [3.05, 3.63) is 53.9 Å². The molecule has 1 amide bonds. The summed E-state index contributed by atoms with van der Waals surface area (Å²) in [6, 6.07) is 11.7. The molecular formula is C17H19N3O2. The Balaban J connectivity index is 1.92. The first-order chi connectivity index (χ1) is 10.7. The molecule has 1 aliphatic heterocycles. The van der Waals surface area contributed by atoms with Crippen LogP contribution in [-0.2, 0) is 17.8 Å². The number of nitrogens with zero attached hydrogens (tertiary/aromatic N) is 2. The summed E-state index contributed by atoms with van der Waals surface area (Å²) in [7, 11) is 3.31. The van der Waals surface area contributed by atoms with Crippen LogP contribution in [0.2, 0.25) is 0 Å². The van der Waals surface area contributed by atoms with E-state index in [1.807, 2.05) is 24.3 Å². The second-order valence-electron chi connectivity index (χ2n) is 5.28. The number of amides is 1. The molecule has 0 saturated carbocycles. The number of pyridine rings is 1. The number of hydrogen-bond acceptors (Lipinski definition) is 4. The van der Waals surface area contributed by atoms with Gasteiger partial charge in [-0.15, -0.1) is 0 Å². The molecule has 0 spiro atoms. The number of fused-ring (bicyclic) bond motifs is 1. The van der Waals surface area contributed by atoms with Crippen molar-refractivity contribution in [3.63, 3.8) is 0 Å². The predicted octanol–water partition coefficient (Wildman–Crippen LogP) is 1.77. The van der Waals surface area contributed by atoms with Crippen LogP contribution in [0.25, 0.3) is 0 Å². The maximum atomic E-state index is 12.2. The second kappa shape index (κ2) is 6.05. The van der Waals surface area contributed by atoms with Crippen LogP contribution in [0.15, 0.2) is 42.6 Å². The number of likely N-dealkylation sites (N-methyl/N-ethyl adjacent to an activating group) is 1. The molecule has 22 heavy (non-hydrogen) atoms. The number of carbonyl (C=O) groups excluding carboxylic acids is 1. The average Bonchev–Trinajstić information content (AvgIpc) is 2.93. The Kier molecular flexibility index (Phi) is 3.96. The lowest BCUT2D eigenvalue weighted by Crippen LogP contribution is -2.43. The number of benzene rings is 1. The molecule has 1 aromatic carbocycles. The number of ether oxygens (including phenoxy) is 1. The molecule has 0 aliphatic carbocycles. The van der Waals surface area contributed by atoms with E-state index >= 15 is 0 Å². The Bertz CT molecular complexity index is 687. The fourth-order valence-corrected chi connectivity index (χ4v) is 2.89. The third-order valence-electron chi connectivity index (χ3n) is 4.00. The van der Waals surface area contributed by atoms with Crippen LogP contribution in [0.3, 0.4) is 0 Å². The van der Waals surface area contributed by atoms with E-state index in [-0.39, 0.29) is 11.9 Å². The number of hydrogen-bond donors (Lipinski definition) is 1. The number of nitrogens with one attached hydrogen (secondary N) is 1. The highest BCUT2D eigenvalue weighted by Gasteiger charge is 2.33. The van der Waals surface area contributed by atoms with Crippen LogP contribution in [-0.4, -0.2) is 31.1 Å². The number of anilines is 1. The molecule has 3 rings (SSSR count). The summed E-state index contributed by atoms with van der Waals surface area (Å²) in [5, 5.41) is 2.75. The van der Waals surface area contributed by atoms with Crippen molar-refractivity contribution in [1.29, 1.82) is 0 Å². The quantitative estimate of drug-likeness (QED) is 0.934. The van der Waals surface area contributed by atoms with Crippen molar-refractivity contribution in [2.24, 2.45) is 0 Å². The molecule has 1 aromatic heterocycles. The van der Waals surface area contributed by atoms with Gasteiger partial charge in [0.15, 0.2) is 0 Å². The first kappa shape index (κ1) is 14.4. The summed E-state index contributed by atoms with van der Waals surface area (Å²) in [5.41, 5.74) is 3.17. The maximum absolute atomic E-state index is 12.2. The van der Waals surface area contributed by atoms with E-state index in [1.54, 1.807) is 20.4 Å². The van der Waals surface area contributed by atoms with Gasteiger partial charge in [-0.05, 0) is 17.7 Å². The van der Waals surface area contributed by atoms with E-state index in [1.165, 1.54) is 5.56 Å². The van der Waals surface area contributed by atoms with Crippen LogP contribution in [0.5, 0.6) is 5.75 Å². The highest BCUT2D eigenvalue weighted by Crippen LogP contribution is 2.33. The Hall–Kier alpha value is -2.56. The van der Waals surface area contributed by atoms with Gasteiger partial charge in [0.25, 0.3) is 0 Å². The summed E-state index contributed by atoms with van der Waals surface area (Å²) in [4.78, 5) is 18.7. The number of aromatic nitrogens is 1. The predicted molar refractivity (Wildman–Crippen MR) is 85.0 cm³/mol. The molecule has 0 bridgehead atoms. The van der Waals surface area contributed by atoms with Gasteiger partial charge in [-0.25, -0.2) is 0 Å². The van der Waals surface area contributed by atoms with Gasteiger partial charge in [0, 0.05) is 31.4 Å². The molecule has 1 unspecified atom stereocenters. The van der Waals surface area contributed by atoms with Gasteiger partial charge in [-0.3, -0.25) is 9.78 Å². The lowest BCUT2D eigenvalue weighted by Gasteiger charge is -2.26. The number of para-hydroxylation sites is 1. The SMILES string of the molecule is CNC(=O)C1Cc2ccccc2N1Cc1cc(OC)ccn1. The molecule has 2 heterocycles. The molecule has 5 heteroatoms. The fraction of sp³-hybridized carbons (Fsp3) is 0.294. The number of rotatable bonds is 4. The zero-order valence-electron chi connectivity index (χ0n) is 12.7. The normalized spacial score (nSPS) is 16.3. The van der Waals surface area contributed by atoms with Gasteiger partial charge in [0.2, 0.25) is 5.91 Å². The Morgan fingerprint density at radius 1 is 1.41 bits per heavy atom. The molecule has 2 aromatic rings. The third-order valence-corrected chi connectivity index (χ3v) is 4.00. The van der Waals surface area contributed by atoms with E-state index in [0.29, 0.717) is 6.54 Å². The third kappa shape index (κ3) is 2.62. The molecule has 1 aliphatic rings. The average molecular weight is 297 g/mol. The molecule has 114 valence electrons. The van der Waals surface area contributed by atoms with Crippen molar-refractivity contribution in [2.75, 3.05) is 19.1 Å². The minimum absolute atomic E-state index is 0.0269. The maximum Gasteiger partial charge on any atom is 0.242 e. The van der Waals surface area contributed by atoms with Crippen molar-refractivity contribution in [1.82, 2.24) is 10.3 Å². The summed E-state index contributed by atoms with van der Waals surface area (Å²) < 4.78 is 5.25. The van der Waals surface area contributed by atoms with Crippen LogP contribution in [0, 0.1) is 0 Å². The second-order valence-corrected chi connectivity index (χ2v) is 5.28. The van der Waals surface area contributed by atoms with Crippen molar-refractivity contribution in [3.8, 4) is 5.75 Å². The van der Waals surface area contributed by atoms with Gasteiger partial charge in [-0.2, -0.15) is 0 Å². The molecular weight excluding hydrogens is 278 g/mol. The Labute approximate surface area is 129 Å². The summed E-state index contributed by atoms with van der Waals surface area (Å²) in [5.74, 6) is 0.799. The molecule has 0 saturated heterocycles. The van der Waals surface area contributed by atoms with E-state index in [2.05, 4.69) is 27.3 Å². The van der Waals surface area contributed by atoms with Crippen LogP contribution >= 0.6 is 0 Å². The highest BCUT2D eigenvalue weighted by atomic mass is 16.5. The number of carbonyl (C=O) groups is 1.